The van der Waals surface area contributed by atoms with Crippen molar-refractivity contribution in [3.8, 4) is 0 Å². The molecule has 3 rings (SSSR count). The van der Waals surface area contributed by atoms with Crippen LogP contribution in [0.3, 0.4) is 0 Å². The summed E-state index contributed by atoms with van der Waals surface area (Å²) in [5, 5.41) is 3.16. The van der Waals surface area contributed by atoms with Gasteiger partial charge >= 0.3 is 5.69 Å². The van der Waals surface area contributed by atoms with E-state index in [4.69, 9.17) is 0 Å². The number of rotatable bonds is 4. The molecule has 1 amide bonds. The highest BCUT2D eigenvalue weighted by atomic mass is 32.2. The minimum atomic E-state index is -0.436. The van der Waals surface area contributed by atoms with Crippen molar-refractivity contribution in [2.75, 3.05) is 11.1 Å². The Morgan fingerprint density at radius 1 is 1.12 bits per heavy atom. The maximum atomic E-state index is 12.5. The van der Waals surface area contributed by atoms with Gasteiger partial charge < -0.3 is 5.32 Å². The summed E-state index contributed by atoms with van der Waals surface area (Å²) >= 11 is 1.24. The molecule has 0 bridgehead atoms. The fraction of sp³-hybridized carbons (Fsp3) is 0.222. The normalized spacial score (nSPS) is 10.9. The SMILES string of the molecule is Cc1ccc(NC(=O)CSc2ccnc3c2c(=O)n(C)c(=O)n3C)cc1. The van der Waals surface area contributed by atoms with Crippen LogP contribution in [0.1, 0.15) is 5.56 Å². The first kappa shape index (κ1) is 17.9. The van der Waals surface area contributed by atoms with Crippen LogP contribution in [0.5, 0.6) is 0 Å². The van der Waals surface area contributed by atoms with E-state index in [1.54, 1.807) is 13.1 Å². The van der Waals surface area contributed by atoms with E-state index in [0.717, 1.165) is 15.8 Å². The second-order valence-corrected chi connectivity index (χ2v) is 6.93. The second-order valence-electron chi connectivity index (χ2n) is 5.92. The minimum Gasteiger partial charge on any atom is -0.325 e. The average molecular weight is 370 g/mol. The number of aryl methyl sites for hydroxylation is 2. The number of fused-ring (bicyclic) bond motifs is 1. The highest BCUT2D eigenvalue weighted by molar-refractivity contribution is 8.00. The van der Waals surface area contributed by atoms with E-state index in [1.807, 2.05) is 31.2 Å². The molecule has 0 radical (unpaired) electrons. The van der Waals surface area contributed by atoms with E-state index in [-0.39, 0.29) is 11.7 Å². The number of carbonyl (C=O) groups excluding carboxylic acids is 1. The average Bonchev–Trinajstić information content (AvgIpc) is 2.64. The molecule has 0 unspecified atom stereocenters. The van der Waals surface area contributed by atoms with Crippen LogP contribution >= 0.6 is 11.8 Å². The van der Waals surface area contributed by atoms with E-state index in [2.05, 4.69) is 10.3 Å². The maximum Gasteiger partial charge on any atom is 0.332 e. The highest BCUT2D eigenvalue weighted by Gasteiger charge is 2.14. The number of aromatic nitrogens is 3. The van der Waals surface area contributed by atoms with E-state index in [1.165, 1.54) is 29.6 Å². The molecule has 0 spiro atoms. The lowest BCUT2D eigenvalue weighted by Crippen LogP contribution is -2.37. The van der Waals surface area contributed by atoms with Gasteiger partial charge in [0.15, 0.2) is 0 Å². The molecule has 0 aliphatic heterocycles. The van der Waals surface area contributed by atoms with E-state index in [9.17, 15) is 14.4 Å². The van der Waals surface area contributed by atoms with Crippen molar-refractivity contribution < 1.29 is 4.79 Å². The van der Waals surface area contributed by atoms with Gasteiger partial charge in [-0.3, -0.25) is 18.7 Å². The Balaban J connectivity index is 1.85. The molecule has 26 heavy (non-hydrogen) atoms. The van der Waals surface area contributed by atoms with Gasteiger partial charge in [0.2, 0.25) is 5.91 Å². The van der Waals surface area contributed by atoms with Crippen LogP contribution in [-0.2, 0) is 18.9 Å². The number of anilines is 1. The first-order chi connectivity index (χ1) is 12.4. The fourth-order valence-corrected chi connectivity index (χ4v) is 3.40. The lowest BCUT2D eigenvalue weighted by atomic mass is 10.2. The first-order valence-corrected chi connectivity index (χ1v) is 8.91. The summed E-state index contributed by atoms with van der Waals surface area (Å²) < 4.78 is 2.37. The molecule has 2 aromatic heterocycles. The summed E-state index contributed by atoms with van der Waals surface area (Å²) in [5.74, 6) is -0.0376. The van der Waals surface area contributed by atoms with Crippen LogP contribution in [-0.4, -0.2) is 25.8 Å². The van der Waals surface area contributed by atoms with E-state index < -0.39 is 11.2 Å². The summed E-state index contributed by atoms with van der Waals surface area (Å²) in [7, 11) is 2.99. The van der Waals surface area contributed by atoms with Crippen LogP contribution < -0.4 is 16.6 Å². The predicted octanol–water partition coefficient (Wildman–Crippen LogP) is 1.67. The molecule has 0 aliphatic carbocycles. The van der Waals surface area contributed by atoms with Gasteiger partial charge in [-0.25, -0.2) is 9.78 Å². The number of nitrogens with zero attached hydrogens (tertiary/aromatic N) is 3. The number of hydrogen-bond acceptors (Lipinski definition) is 5. The lowest BCUT2D eigenvalue weighted by molar-refractivity contribution is -0.113. The second kappa shape index (κ2) is 7.17. The molecule has 1 aromatic carbocycles. The Kier molecular flexibility index (Phi) is 4.94. The number of benzene rings is 1. The maximum absolute atomic E-state index is 12.5. The molecule has 134 valence electrons. The van der Waals surface area contributed by atoms with Crippen LogP contribution in [0.4, 0.5) is 5.69 Å². The van der Waals surface area contributed by atoms with E-state index >= 15 is 0 Å². The van der Waals surface area contributed by atoms with Crippen molar-refractivity contribution in [1.29, 1.82) is 0 Å². The number of hydrogen-bond donors (Lipinski definition) is 1. The number of pyridine rings is 1. The molecular formula is C18H18N4O3S. The Bertz CT molecular complexity index is 1100. The third-order valence-electron chi connectivity index (χ3n) is 4.00. The number of carbonyl (C=O) groups is 1. The molecule has 2 heterocycles. The van der Waals surface area contributed by atoms with Crippen LogP contribution in [0.15, 0.2) is 51.0 Å². The molecule has 7 nitrogen and oxygen atoms in total. The van der Waals surface area contributed by atoms with Gasteiger partial charge in [0.1, 0.15) is 5.65 Å². The summed E-state index contributed by atoms with van der Waals surface area (Å²) in [6.07, 6.45) is 1.53. The van der Waals surface area contributed by atoms with Gasteiger partial charge in [0.25, 0.3) is 5.56 Å². The molecule has 1 N–H and O–H groups in total. The van der Waals surface area contributed by atoms with Gasteiger partial charge in [-0.05, 0) is 25.1 Å². The van der Waals surface area contributed by atoms with Crippen molar-refractivity contribution in [3.05, 3.63) is 62.9 Å². The minimum absolute atomic E-state index is 0.138. The largest absolute Gasteiger partial charge is 0.332 e. The van der Waals surface area contributed by atoms with Crippen molar-refractivity contribution in [3.63, 3.8) is 0 Å². The van der Waals surface area contributed by atoms with Gasteiger partial charge in [0.05, 0.1) is 11.1 Å². The Labute approximate surface area is 153 Å². The zero-order chi connectivity index (χ0) is 18.8. The number of thioether (sulfide) groups is 1. The smallest absolute Gasteiger partial charge is 0.325 e. The fourth-order valence-electron chi connectivity index (χ4n) is 2.56. The Hall–Kier alpha value is -2.87. The standard InChI is InChI=1S/C18H18N4O3S/c1-11-4-6-12(7-5-11)20-14(23)10-26-13-8-9-19-16-15(13)17(24)22(3)18(25)21(16)2/h4-9H,10H2,1-3H3,(H,20,23). The monoisotopic (exact) mass is 370 g/mol. The molecule has 0 atom stereocenters. The zero-order valence-corrected chi connectivity index (χ0v) is 15.5. The van der Waals surface area contributed by atoms with Gasteiger partial charge in [-0.15, -0.1) is 11.8 Å². The van der Waals surface area contributed by atoms with Crippen LogP contribution in [0.25, 0.3) is 11.0 Å². The van der Waals surface area contributed by atoms with Crippen molar-refractivity contribution in [2.45, 2.75) is 11.8 Å². The third-order valence-corrected chi connectivity index (χ3v) is 5.05. The Morgan fingerprint density at radius 3 is 2.50 bits per heavy atom. The van der Waals surface area contributed by atoms with Crippen LogP contribution in [0.2, 0.25) is 0 Å². The van der Waals surface area contributed by atoms with Gasteiger partial charge in [0, 0.05) is 30.9 Å². The molecule has 0 saturated heterocycles. The predicted molar refractivity (Wildman–Crippen MR) is 103 cm³/mol. The molecule has 3 aromatic rings. The van der Waals surface area contributed by atoms with Crippen molar-refractivity contribution in [1.82, 2.24) is 14.1 Å². The van der Waals surface area contributed by atoms with Crippen molar-refractivity contribution >= 4 is 34.4 Å². The van der Waals surface area contributed by atoms with Gasteiger partial charge in [-0.1, -0.05) is 17.7 Å². The van der Waals surface area contributed by atoms with Gasteiger partial charge in [-0.2, -0.15) is 0 Å². The van der Waals surface area contributed by atoms with Crippen molar-refractivity contribution in [2.24, 2.45) is 14.1 Å². The summed E-state index contributed by atoms with van der Waals surface area (Å²) in [5.41, 5.74) is 1.29. The number of amides is 1. The lowest BCUT2D eigenvalue weighted by Gasteiger charge is -2.10. The van der Waals surface area contributed by atoms with Crippen LogP contribution in [0, 0.1) is 6.92 Å². The molecular weight excluding hydrogens is 352 g/mol. The topological polar surface area (TPSA) is 86.0 Å². The molecule has 0 aliphatic rings. The third kappa shape index (κ3) is 3.41. The molecule has 0 saturated carbocycles. The summed E-state index contributed by atoms with van der Waals surface area (Å²) in [6.45, 7) is 1.98. The number of nitrogens with one attached hydrogen (secondary N) is 1. The first-order valence-electron chi connectivity index (χ1n) is 7.92. The summed E-state index contributed by atoms with van der Waals surface area (Å²) in [6, 6.07) is 9.20. The quantitative estimate of drug-likeness (QED) is 0.706. The highest BCUT2D eigenvalue weighted by Crippen LogP contribution is 2.23. The summed E-state index contributed by atoms with van der Waals surface area (Å²) in [4.78, 5) is 41.5. The molecule has 0 fully saturated rings. The Morgan fingerprint density at radius 2 is 1.81 bits per heavy atom. The zero-order valence-electron chi connectivity index (χ0n) is 14.6. The molecule has 8 heteroatoms. The van der Waals surface area contributed by atoms with E-state index in [0.29, 0.717) is 15.9 Å².